The zero-order valence-electron chi connectivity index (χ0n) is 15.2. The van der Waals surface area contributed by atoms with E-state index in [-0.39, 0.29) is 5.91 Å². The molecule has 0 aliphatic carbocycles. The van der Waals surface area contributed by atoms with E-state index in [1.54, 1.807) is 24.3 Å². The molecule has 1 amide bonds. The molecule has 1 aromatic heterocycles. The number of hydrogen-bond acceptors (Lipinski definition) is 4. The number of amides is 1. The first-order valence-corrected chi connectivity index (χ1v) is 9.25. The number of anilines is 2. The van der Waals surface area contributed by atoms with Crippen LogP contribution in [0.3, 0.4) is 0 Å². The van der Waals surface area contributed by atoms with Crippen LogP contribution in [0.1, 0.15) is 17.3 Å². The van der Waals surface area contributed by atoms with Crippen molar-refractivity contribution < 1.29 is 9.53 Å². The van der Waals surface area contributed by atoms with Crippen LogP contribution in [0.25, 0.3) is 21.8 Å². The van der Waals surface area contributed by atoms with Crippen molar-refractivity contribution in [1.82, 2.24) is 4.98 Å². The van der Waals surface area contributed by atoms with E-state index in [2.05, 4.69) is 10.3 Å². The summed E-state index contributed by atoms with van der Waals surface area (Å²) in [5.74, 6) is 0.542. The largest absolute Gasteiger partial charge is 0.494 e. The molecule has 0 bridgehead atoms. The molecule has 3 N–H and O–H groups in total. The fourth-order valence-corrected chi connectivity index (χ4v) is 3.22. The first-order valence-electron chi connectivity index (χ1n) is 8.88. The number of hydrogen-bond donors (Lipinski definition) is 2. The first-order chi connectivity index (χ1) is 13.5. The third kappa shape index (κ3) is 3.44. The van der Waals surface area contributed by atoms with E-state index >= 15 is 0 Å². The van der Waals surface area contributed by atoms with Crippen LogP contribution in [0.5, 0.6) is 5.75 Å². The van der Waals surface area contributed by atoms with Crippen molar-refractivity contribution in [3.63, 3.8) is 0 Å². The highest BCUT2D eigenvalue weighted by Gasteiger charge is 2.11. The van der Waals surface area contributed by atoms with Gasteiger partial charge in [0.15, 0.2) is 0 Å². The van der Waals surface area contributed by atoms with Crippen LogP contribution in [0.4, 0.5) is 11.4 Å². The van der Waals surface area contributed by atoms with Crippen LogP contribution < -0.4 is 15.8 Å². The smallest absolute Gasteiger partial charge is 0.255 e. The van der Waals surface area contributed by atoms with E-state index in [1.807, 2.05) is 43.3 Å². The number of carbonyl (C=O) groups excluding carboxylic acids is 1. The van der Waals surface area contributed by atoms with E-state index in [0.717, 1.165) is 22.0 Å². The Morgan fingerprint density at radius 3 is 2.57 bits per heavy atom. The molecule has 5 nitrogen and oxygen atoms in total. The molecule has 0 aliphatic heterocycles. The zero-order valence-corrected chi connectivity index (χ0v) is 16.0. The zero-order chi connectivity index (χ0) is 19.7. The Hall–Kier alpha value is -3.31. The fourth-order valence-electron chi connectivity index (χ4n) is 3.09. The lowest BCUT2D eigenvalue weighted by molar-refractivity contribution is 0.102. The molecule has 0 aliphatic rings. The average Bonchev–Trinajstić information content (AvgIpc) is 2.69. The standard InChI is InChI=1S/C22H18ClN3O2/c1-2-28-16-8-10-19-18(12-16)21(24)17-9-7-15(11-20(17)26-19)25-22(27)13-3-5-14(23)6-4-13/h3-12H,2H2,1H3,(H2,24,26)(H,25,27). The molecular weight excluding hydrogens is 374 g/mol. The highest BCUT2D eigenvalue weighted by Crippen LogP contribution is 2.32. The predicted molar refractivity (Wildman–Crippen MR) is 114 cm³/mol. The van der Waals surface area contributed by atoms with Crippen LogP contribution in [-0.4, -0.2) is 17.5 Å². The highest BCUT2D eigenvalue weighted by atomic mass is 35.5. The quantitative estimate of drug-likeness (QED) is 0.464. The summed E-state index contributed by atoms with van der Waals surface area (Å²) >= 11 is 5.87. The number of carbonyl (C=O) groups is 1. The molecule has 6 heteroatoms. The summed E-state index contributed by atoms with van der Waals surface area (Å²) in [6, 6.07) is 17.9. The molecular formula is C22H18ClN3O2. The van der Waals surface area contributed by atoms with Gasteiger partial charge in [0.2, 0.25) is 0 Å². The van der Waals surface area contributed by atoms with Gasteiger partial charge in [-0.25, -0.2) is 4.98 Å². The van der Waals surface area contributed by atoms with Crippen molar-refractivity contribution in [2.45, 2.75) is 6.92 Å². The second-order valence-corrected chi connectivity index (χ2v) is 6.77. The summed E-state index contributed by atoms with van der Waals surface area (Å²) in [5.41, 5.74) is 9.67. The van der Waals surface area contributed by atoms with E-state index in [9.17, 15) is 4.79 Å². The molecule has 1 heterocycles. The third-order valence-corrected chi connectivity index (χ3v) is 4.71. The summed E-state index contributed by atoms with van der Waals surface area (Å²) < 4.78 is 5.55. The first kappa shape index (κ1) is 18.1. The molecule has 4 rings (SSSR count). The van der Waals surface area contributed by atoms with Gasteiger partial charge in [0.25, 0.3) is 5.91 Å². The van der Waals surface area contributed by atoms with Gasteiger partial charge in [-0.15, -0.1) is 0 Å². The van der Waals surface area contributed by atoms with Crippen molar-refractivity contribution >= 4 is 50.7 Å². The summed E-state index contributed by atoms with van der Waals surface area (Å²) in [5, 5.41) is 5.13. The van der Waals surface area contributed by atoms with Crippen molar-refractivity contribution in [2.24, 2.45) is 0 Å². The average molecular weight is 392 g/mol. The fraction of sp³-hybridized carbons (Fsp3) is 0.0909. The minimum absolute atomic E-state index is 0.217. The number of pyridine rings is 1. The van der Waals surface area contributed by atoms with Gasteiger partial charge in [0.05, 0.1) is 23.3 Å². The van der Waals surface area contributed by atoms with Gasteiger partial charge < -0.3 is 15.8 Å². The van der Waals surface area contributed by atoms with E-state index < -0.39 is 0 Å². The Kier molecular flexibility index (Phi) is 4.75. The molecule has 0 unspecified atom stereocenters. The molecule has 0 saturated heterocycles. The molecule has 0 fully saturated rings. The molecule has 28 heavy (non-hydrogen) atoms. The lowest BCUT2D eigenvalue weighted by atomic mass is 10.1. The van der Waals surface area contributed by atoms with E-state index in [0.29, 0.717) is 34.1 Å². The maximum Gasteiger partial charge on any atom is 0.255 e. The molecule has 0 atom stereocenters. The van der Waals surface area contributed by atoms with Crippen LogP contribution >= 0.6 is 11.6 Å². The second-order valence-electron chi connectivity index (χ2n) is 6.33. The summed E-state index contributed by atoms with van der Waals surface area (Å²) in [4.78, 5) is 17.1. The summed E-state index contributed by atoms with van der Waals surface area (Å²) in [6.45, 7) is 2.52. The van der Waals surface area contributed by atoms with Gasteiger partial charge in [-0.2, -0.15) is 0 Å². The van der Waals surface area contributed by atoms with E-state index in [1.165, 1.54) is 0 Å². The maximum absolute atomic E-state index is 12.4. The number of benzene rings is 3. The number of rotatable bonds is 4. The van der Waals surface area contributed by atoms with Crippen molar-refractivity contribution in [3.8, 4) is 5.75 Å². The normalized spacial score (nSPS) is 10.9. The van der Waals surface area contributed by atoms with Crippen molar-refractivity contribution in [2.75, 3.05) is 17.7 Å². The van der Waals surface area contributed by atoms with Crippen LogP contribution in [0, 0.1) is 0 Å². The Morgan fingerprint density at radius 2 is 1.82 bits per heavy atom. The summed E-state index contributed by atoms with van der Waals surface area (Å²) in [6.07, 6.45) is 0. The summed E-state index contributed by atoms with van der Waals surface area (Å²) in [7, 11) is 0. The van der Waals surface area contributed by atoms with E-state index in [4.69, 9.17) is 22.1 Å². The number of aromatic nitrogens is 1. The molecule has 0 saturated carbocycles. The van der Waals surface area contributed by atoms with Gasteiger partial charge in [0, 0.05) is 27.0 Å². The van der Waals surface area contributed by atoms with Crippen LogP contribution in [0.2, 0.25) is 5.02 Å². The monoisotopic (exact) mass is 391 g/mol. The second kappa shape index (κ2) is 7.37. The Bertz CT molecular complexity index is 1190. The number of halogens is 1. The van der Waals surface area contributed by atoms with Crippen LogP contribution in [-0.2, 0) is 0 Å². The number of ether oxygens (including phenoxy) is 1. The number of nitrogens with two attached hydrogens (primary N) is 1. The van der Waals surface area contributed by atoms with Gasteiger partial charge in [-0.05, 0) is 67.6 Å². The topological polar surface area (TPSA) is 77.2 Å². The lowest BCUT2D eigenvalue weighted by Gasteiger charge is -2.11. The predicted octanol–water partition coefficient (Wildman–Crippen LogP) is 5.27. The number of nitrogens with zero attached hydrogens (tertiary/aromatic N) is 1. The Balaban J connectivity index is 1.70. The lowest BCUT2D eigenvalue weighted by Crippen LogP contribution is -2.11. The molecule has 4 aromatic rings. The van der Waals surface area contributed by atoms with Crippen molar-refractivity contribution in [1.29, 1.82) is 0 Å². The van der Waals surface area contributed by atoms with Crippen molar-refractivity contribution in [3.05, 3.63) is 71.2 Å². The minimum Gasteiger partial charge on any atom is -0.494 e. The van der Waals surface area contributed by atoms with Crippen LogP contribution in [0.15, 0.2) is 60.7 Å². The maximum atomic E-state index is 12.4. The van der Waals surface area contributed by atoms with Gasteiger partial charge in [-0.3, -0.25) is 4.79 Å². The third-order valence-electron chi connectivity index (χ3n) is 4.46. The van der Waals surface area contributed by atoms with Gasteiger partial charge in [0.1, 0.15) is 5.75 Å². The molecule has 0 spiro atoms. The van der Waals surface area contributed by atoms with Gasteiger partial charge >= 0.3 is 0 Å². The molecule has 140 valence electrons. The number of nitrogens with one attached hydrogen (secondary N) is 1. The molecule has 0 radical (unpaired) electrons. The Morgan fingerprint density at radius 1 is 1.04 bits per heavy atom. The highest BCUT2D eigenvalue weighted by molar-refractivity contribution is 6.30. The molecule has 3 aromatic carbocycles. The SMILES string of the molecule is CCOc1ccc2nc3cc(NC(=O)c4ccc(Cl)cc4)ccc3c(N)c2c1. The number of nitrogen functional groups attached to an aromatic ring is 1. The Labute approximate surface area is 167 Å². The minimum atomic E-state index is -0.217. The number of fused-ring (bicyclic) bond motifs is 2. The van der Waals surface area contributed by atoms with Gasteiger partial charge in [-0.1, -0.05) is 11.6 Å².